The summed E-state index contributed by atoms with van der Waals surface area (Å²) in [5.41, 5.74) is 1.24. The quantitative estimate of drug-likeness (QED) is 0.744. The van der Waals surface area contributed by atoms with Crippen LogP contribution in [-0.2, 0) is 11.4 Å². The number of amides is 1. The molecule has 0 aromatic heterocycles. The number of aliphatic hydroxyl groups excluding tert-OH is 1. The van der Waals surface area contributed by atoms with Gasteiger partial charge in [0.05, 0.1) is 30.8 Å². The Morgan fingerprint density at radius 2 is 2.37 bits per heavy atom. The van der Waals surface area contributed by atoms with Gasteiger partial charge in [0, 0.05) is 11.3 Å². The van der Waals surface area contributed by atoms with Gasteiger partial charge in [-0.3, -0.25) is 4.79 Å². The summed E-state index contributed by atoms with van der Waals surface area (Å²) in [7, 11) is 0. The first-order chi connectivity index (χ1) is 9.21. The van der Waals surface area contributed by atoms with Crippen LogP contribution in [0.2, 0.25) is 0 Å². The molecule has 2 N–H and O–H groups in total. The Bertz CT molecular complexity index is 471. The van der Waals surface area contributed by atoms with Crippen LogP contribution in [0.5, 0.6) is 5.75 Å². The maximum atomic E-state index is 11.6. The fraction of sp³-hybridized carbons (Fsp3) is 0.385. The van der Waals surface area contributed by atoms with E-state index >= 15 is 0 Å². The average molecular weight is 280 g/mol. The van der Waals surface area contributed by atoms with Crippen molar-refractivity contribution in [3.8, 4) is 11.8 Å². The van der Waals surface area contributed by atoms with Crippen LogP contribution in [0, 0.1) is 11.3 Å². The highest BCUT2D eigenvalue weighted by Crippen LogP contribution is 2.23. The Balaban J connectivity index is 2.64. The number of nitrogens with one attached hydrogen (secondary N) is 1. The molecule has 1 aromatic carbocycles. The summed E-state index contributed by atoms with van der Waals surface area (Å²) in [5.74, 6) is 0.962. The zero-order chi connectivity index (χ0) is 14.1. The monoisotopic (exact) mass is 280 g/mol. The molecule has 0 radical (unpaired) electrons. The number of aliphatic hydroxyl groups is 1. The lowest BCUT2D eigenvalue weighted by molar-refractivity contribution is -0.113. The third-order valence-corrected chi connectivity index (χ3v) is 3.01. The molecule has 1 rings (SSSR count). The number of rotatable bonds is 7. The molecule has 1 amide bonds. The number of benzene rings is 1. The number of hydrogen-bond donors (Lipinski definition) is 2. The van der Waals surface area contributed by atoms with Crippen LogP contribution < -0.4 is 10.1 Å². The zero-order valence-electron chi connectivity index (χ0n) is 10.7. The van der Waals surface area contributed by atoms with Gasteiger partial charge in [0.1, 0.15) is 5.75 Å². The predicted octanol–water partition coefficient (Wildman–Crippen LogP) is 1.77. The molecule has 0 bridgehead atoms. The highest BCUT2D eigenvalue weighted by atomic mass is 32.2. The number of anilines is 1. The van der Waals surface area contributed by atoms with Crippen LogP contribution in [0.15, 0.2) is 18.2 Å². The van der Waals surface area contributed by atoms with Crippen molar-refractivity contribution in [2.75, 3.05) is 23.4 Å². The molecule has 0 aliphatic heterocycles. The van der Waals surface area contributed by atoms with Crippen molar-refractivity contribution in [1.29, 1.82) is 5.26 Å². The van der Waals surface area contributed by atoms with Gasteiger partial charge >= 0.3 is 0 Å². The molecule has 0 aliphatic carbocycles. The van der Waals surface area contributed by atoms with Crippen LogP contribution in [0.4, 0.5) is 5.69 Å². The van der Waals surface area contributed by atoms with E-state index in [9.17, 15) is 9.90 Å². The van der Waals surface area contributed by atoms with Crippen LogP contribution in [0.3, 0.4) is 0 Å². The highest BCUT2D eigenvalue weighted by molar-refractivity contribution is 8.00. The Morgan fingerprint density at radius 3 is 3.00 bits per heavy atom. The van der Waals surface area contributed by atoms with E-state index < -0.39 is 0 Å². The Labute approximate surface area is 116 Å². The molecule has 1 aromatic rings. The molecular formula is C13H16N2O3S. The van der Waals surface area contributed by atoms with Gasteiger partial charge in [-0.2, -0.15) is 5.26 Å². The van der Waals surface area contributed by atoms with Gasteiger partial charge < -0.3 is 15.2 Å². The van der Waals surface area contributed by atoms with Crippen LogP contribution >= 0.6 is 11.8 Å². The smallest absolute Gasteiger partial charge is 0.234 e. The molecule has 0 spiro atoms. The maximum Gasteiger partial charge on any atom is 0.234 e. The lowest BCUT2D eigenvalue weighted by Crippen LogP contribution is -2.14. The van der Waals surface area contributed by atoms with Gasteiger partial charge in [-0.05, 0) is 25.1 Å². The summed E-state index contributed by atoms with van der Waals surface area (Å²) < 4.78 is 5.35. The molecule has 0 unspecified atom stereocenters. The number of carbonyl (C=O) groups is 1. The van der Waals surface area contributed by atoms with Gasteiger partial charge in [0.2, 0.25) is 5.91 Å². The second-order valence-corrected chi connectivity index (χ2v) is 4.60. The lowest BCUT2D eigenvalue weighted by atomic mass is 10.2. The summed E-state index contributed by atoms with van der Waals surface area (Å²) in [5, 5.41) is 20.3. The first-order valence-corrected chi connectivity index (χ1v) is 6.97. The molecule has 0 heterocycles. The van der Waals surface area contributed by atoms with Crippen LogP contribution in [0.1, 0.15) is 12.5 Å². The van der Waals surface area contributed by atoms with Crippen molar-refractivity contribution >= 4 is 23.4 Å². The third kappa shape index (κ3) is 5.20. The largest absolute Gasteiger partial charge is 0.494 e. The van der Waals surface area contributed by atoms with E-state index in [0.29, 0.717) is 29.4 Å². The fourth-order valence-corrected chi connectivity index (χ4v) is 1.91. The minimum atomic E-state index is -0.173. The number of carbonyl (C=O) groups excluding carboxylic acids is 1. The van der Waals surface area contributed by atoms with E-state index in [4.69, 9.17) is 10.00 Å². The Hall–Kier alpha value is -1.71. The molecule has 19 heavy (non-hydrogen) atoms. The Kier molecular flexibility index (Phi) is 6.79. The lowest BCUT2D eigenvalue weighted by Gasteiger charge is -2.11. The van der Waals surface area contributed by atoms with Crippen molar-refractivity contribution in [2.45, 2.75) is 13.5 Å². The topological polar surface area (TPSA) is 82.3 Å². The second-order valence-electron chi connectivity index (χ2n) is 3.61. The van der Waals surface area contributed by atoms with E-state index in [2.05, 4.69) is 5.32 Å². The standard InChI is InChI=1S/C13H16N2O3S/c1-2-18-12-4-3-11(7-10(12)8-16)15-13(17)9-19-6-5-14/h3-4,7,16H,2,6,8-9H2,1H3,(H,15,17). The van der Waals surface area contributed by atoms with Crippen molar-refractivity contribution < 1.29 is 14.6 Å². The number of nitrogens with zero attached hydrogens (tertiary/aromatic N) is 1. The normalized spacial score (nSPS) is 9.74. The number of hydrogen-bond acceptors (Lipinski definition) is 5. The minimum Gasteiger partial charge on any atom is -0.494 e. The van der Waals surface area contributed by atoms with Crippen molar-refractivity contribution in [3.63, 3.8) is 0 Å². The minimum absolute atomic E-state index is 0.151. The van der Waals surface area contributed by atoms with E-state index in [0.717, 1.165) is 0 Å². The molecule has 0 saturated heterocycles. The second kappa shape index (κ2) is 8.40. The predicted molar refractivity (Wildman–Crippen MR) is 75.1 cm³/mol. The van der Waals surface area contributed by atoms with Gasteiger partial charge in [-0.1, -0.05) is 0 Å². The molecule has 0 aliphatic rings. The van der Waals surface area contributed by atoms with E-state index in [1.807, 2.05) is 13.0 Å². The fourth-order valence-electron chi connectivity index (χ4n) is 1.46. The zero-order valence-corrected chi connectivity index (χ0v) is 11.5. The highest BCUT2D eigenvalue weighted by Gasteiger charge is 2.07. The average Bonchev–Trinajstić information content (AvgIpc) is 2.41. The molecule has 0 fully saturated rings. The number of ether oxygens (including phenoxy) is 1. The summed E-state index contributed by atoms with van der Waals surface area (Å²) in [6.45, 7) is 2.23. The van der Waals surface area contributed by atoms with Crippen molar-refractivity contribution in [3.05, 3.63) is 23.8 Å². The number of thioether (sulfide) groups is 1. The Morgan fingerprint density at radius 1 is 1.58 bits per heavy atom. The van der Waals surface area contributed by atoms with E-state index in [1.165, 1.54) is 11.8 Å². The van der Waals surface area contributed by atoms with Crippen molar-refractivity contribution in [1.82, 2.24) is 0 Å². The summed E-state index contributed by atoms with van der Waals surface area (Å²) in [6, 6.07) is 7.07. The van der Waals surface area contributed by atoms with Gasteiger partial charge in [0.25, 0.3) is 0 Å². The number of nitriles is 1. The van der Waals surface area contributed by atoms with E-state index in [-0.39, 0.29) is 18.3 Å². The first-order valence-electron chi connectivity index (χ1n) is 5.82. The summed E-state index contributed by atoms with van der Waals surface area (Å²) in [6.07, 6.45) is 0. The van der Waals surface area contributed by atoms with E-state index in [1.54, 1.807) is 18.2 Å². The molecule has 102 valence electrons. The first kappa shape index (κ1) is 15.3. The van der Waals surface area contributed by atoms with Gasteiger partial charge in [-0.15, -0.1) is 11.8 Å². The summed E-state index contributed by atoms with van der Waals surface area (Å²) in [4.78, 5) is 11.6. The summed E-state index contributed by atoms with van der Waals surface area (Å²) >= 11 is 1.25. The van der Waals surface area contributed by atoms with Gasteiger partial charge in [0.15, 0.2) is 0 Å². The third-order valence-electron chi connectivity index (χ3n) is 2.21. The molecule has 0 atom stereocenters. The molecule has 5 nitrogen and oxygen atoms in total. The molecule has 6 heteroatoms. The van der Waals surface area contributed by atoms with Crippen LogP contribution in [0.25, 0.3) is 0 Å². The molecule has 0 saturated carbocycles. The molecular weight excluding hydrogens is 264 g/mol. The van der Waals surface area contributed by atoms with Crippen LogP contribution in [-0.4, -0.2) is 29.1 Å². The SMILES string of the molecule is CCOc1ccc(NC(=O)CSCC#N)cc1CO. The van der Waals surface area contributed by atoms with Crippen molar-refractivity contribution in [2.24, 2.45) is 0 Å². The van der Waals surface area contributed by atoms with Gasteiger partial charge in [-0.25, -0.2) is 0 Å². The maximum absolute atomic E-state index is 11.6.